The van der Waals surface area contributed by atoms with Gasteiger partial charge in [0.25, 0.3) is 0 Å². The van der Waals surface area contributed by atoms with Gasteiger partial charge in [0.2, 0.25) is 5.91 Å². The lowest BCUT2D eigenvalue weighted by Gasteiger charge is -2.22. The number of carbonyl (C=O) groups is 1. The Bertz CT molecular complexity index is 205. The number of hydrogen-bond acceptors (Lipinski definition) is 3. The van der Waals surface area contributed by atoms with E-state index in [2.05, 4.69) is 0 Å². The molecule has 1 fully saturated rings. The quantitative estimate of drug-likeness (QED) is 0.680. The monoisotopic (exact) mass is 214 g/mol. The molecule has 1 aliphatic carbocycles. The van der Waals surface area contributed by atoms with Crippen LogP contribution in [0.1, 0.15) is 32.6 Å². The predicted molar refractivity (Wildman–Crippen MR) is 59.5 cm³/mol. The lowest BCUT2D eigenvalue weighted by molar-refractivity contribution is -0.132. The Hall–Kier alpha value is -0.610. The van der Waals surface area contributed by atoms with Crippen LogP contribution in [0.3, 0.4) is 0 Å². The Labute approximate surface area is 91.8 Å². The van der Waals surface area contributed by atoms with Gasteiger partial charge in [-0.25, -0.2) is 0 Å². The fraction of sp³-hybridized carbons (Fsp3) is 0.909. The number of nitrogens with zero attached hydrogens (tertiary/aromatic N) is 1. The van der Waals surface area contributed by atoms with Crippen molar-refractivity contribution < 1.29 is 9.53 Å². The molecule has 0 aliphatic heterocycles. The number of rotatable bonds is 7. The van der Waals surface area contributed by atoms with Crippen molar-refractivity contribution in [3.8, 4) is 0 Å². The maximum Gasteiger partial charge on any atom is 0.222 e. The normalized spacial score (nSPS) is 17.5. The van der Waals surface area contributed by atoms with Crippen molar-refractivity contribution in [2.45, 2.75) is 44.8 Å². The molecular weight excluding hydrogens is 192 g/mol. The molecule has 88 valence electrons. The molecule has 0 bridgehead atoms. The van der Waals surface area contributed by atoms with Crippen molar-refractivity contribution in [3.63, 3.8) is 0 Å². The molecule has 1 atom stereocenters. The summed E-state index contributed by atoms with van der Waals surface area (Å²) in [6.45, 7) is 3.24. The van der Waals surface area contributed by atoms with E-state index in [-0.39, 0.29) is 12.0 Å². The highest BCUT2D eigenvalue weighted by molar-refractivity contribution is 5.76. The van der Waals surface area contributed by atoms with E-state index in [4.69, 9.17) is 10.5 Å². The van der Waals surface area contributed by atoms with E-state index in [1.807, 2.05) is 11.8 Å². The Morgan fingerprint density at radius 1 is 1.60 bits per heavy atom. The van der Waals surface area contributed by atoms with E-state index in [9.17, 15) is 4.79 Å². The first-order valence-corrected chi connectivity index (χ1v) is 5.71. The van der Waals surface area contributed by atoms with Crippen molar-refractivity contribution in [2.24, 2.45) is 5.73 Å². The first kappa shape index (κ1) is 12.5. The van der Waals surface area contributed by atoms with Gasteiger partial charge in [-0.1, -0.05) is 0 Å². The molecule has 2 N–H and O–H groups in total. The van der Waals surface area contributed by atoms with Crippen LogP contribution in [0.15, 0.2) is 0 Å². The maximum absolute atomic E-state index is 11.8. The van der Waals surface area contributed by atoms with Crippen LogP contribution < -0.4 is 5.73 Å². The molecule has 0 aromatic heterocycles. The average molecular weight is 214 g/mol. The zero-order valence-corrected chi connectivity index (χ0v) is 9.74. The van der Waals surface area contributed by atoms with Gasteiger partial charge in [-0.15, -0.1) is 0 Å². The summed E-state index contributed by atoms with van der Waals surface area (Å²) in [5.41, 5.74) is 5.50. The Morgan fingerprint density at radius 2 is 2.27 bits per heavy atom. The molecule has 1 unspecified atom stereocenters. The Kier molecular flexibility index (Phi) is 5.05. The molecule has 4 heteroatoms. The summed E-state index contributed by atoms with van der Waals surface area (Å²) in [5.74, 6) is 0.229. The fourth-order valence-corrected chi connectivity index (χ4v) is 1.62. The van der Waals surface area contributed by atoms with Crippen molar-refractivity contribution >= 4 is 5.91 Å². The van der Waals surface area contributed by atoms with Gasteiger partial charge in [0.1, 0.15) is 0 Å². The Balaban J connectivity index is 2.29. The molecule has 1 aliphatic rings. The second-order valence-corrected chi connectivity index (χ2v) is 4.19. The minimum absolute atomic E-state index is 0.160. The van der Waals surface area contributed by atoms with Crippen LogP contribution in [0.25, 0.3) is 0 Å². The summed E-state index contributed by atoms with van der Waals surface area (Å²) < 4.78 is 5.12. The van der Waals surface area contributed by atoms with Crippen LogP contribution in [-0.2, 0) is 9.53 Å². The van der Waals surface area contributed by atoms with Crippen molar-refractivity contribution in [2.75, 3.05) is 20.2 Å². The zero-order chi connectivity index (χ0) is 11.3. The van der Waals surface area contributed by atoms with Gasteiger partial charge in [-0.2, -0.15) is 0 Å². The smallest absolute Gasteiger partial charge is 0.222 e. The first-order chi connectivity index (χ1) is 7.19. The summed E-state index contributed by atoms with van der Waals surface area (Å²) in [6, 6.07) is 0.471. The van der Waals surface area contributed by atoms with Gasteiger partial charge in [-0.05, 0) is 26.2 Å². The molecule has 1 rings (SSSR count). The van der Waals surface area contributed by atoms with Crippen LogP contribution in [-0.4, -0.2) is 43.2 Å². The van der Waals surface area contributed by atoms with E-state index >= 15 is 0 Å². The van der Waals surface area contributed by atoms with Gasteiger partial charge in [0.15, 0.2) is 0 Å². The zero-order valence-electron chi connectivity index (χ0n) is 9.74. The molecule has 0 spiro atoms. The lowest BCUT2D eigenvalue weighted by Crippen LogP contribution is -2.37. The molecular formula is C11H22N2O2. The van der Waals surface area contributed by atoms with Crippen LogP contribution in [0.2, 0.25) is 0 Å². The summed E-state index contributed by atoms with van der Waals surface area (Å²) in [7, 11) is 1.67. The molecule has 0 aromatic rings. The standard InChI is InChI=1S/C11H22N2O2/c1-9(15-2)3-6-11(14)13(8-7-12)10-4-5-10/h9-10H,3-8,12H2,1-2H3. The minimum atomic E-state index is 0.160. The molecule has 0 aromatic carbocycles. The highest BCUT2D eigenvalue weighted by atomic mass is 16.5. The lowest BCUT2D eigenvalue weighted by atomic mass is 10.2. The van der Waals surface area contributed by atoms with Crippen LogP contribution in [0.4, 0.5) is 0 Å². The number of ether oxygens (including phenoxy) is 1. The summed E-state index contributed by atoms with van der Waals surface area (Å²) >= 11 is 0. The van der Waals surface area contributed by atoms with Crippen molar-refractivity contribution in [1.29, 1.82) is 0 Å². The van der Waals surface area contributed by atoms with Crippen molar-refractivity contribution in [3.05, 3.63) is 0 Å². The largest absolute Gasteiger partial charge is 0.382 e. The molecule has 1 amide bonds. The second kappa shape index (κ2) is 6.08. The number of carbonyl (C=O) groups excluding carboxylic acids is 1. The maximum atomic E-state index is 11.8. The number of nitrogens with two attached hydrogens (primary N) is 1. The van der Waals surface area contributed by atoms with E-state index in [0.717, 1.165) is 19.3 Å². The number of amides is 1. The topological polar surface area (TPSA) is 55.6 Å². The molecule has 0 saturated heterocycles. The number of methoxy groups -OCH3 is 1. The van der Waals surface area contributed by atoms with Gasteiger partial charge in [0, 0.05) is 32.7 Å². The van der Waals surface area contributed by atoms with E-state index in [1.165, 1.54) is 0 Å². The highest BCUT2D eigenvalue weighted by Gasteiger charge is 2.31. The average Bonchev–Trinajstić information content (AvgIpc) is 3.05. The van der Waals surface area contributed by atoms with Crippen LogP contribution >= 0.6 is 0 Å². The van der Waals surface area contributed by atoms with E-state index in [0.29, 0.717) is 25.6 Å². The summed E-state index contributed by atoms with van der Waals surface area (Å²) in [5, 5.41) is 0. The summed E-state index contributed by atoms with van der Waals surface area (Å²) in [6.07, 6.45) is 3.82. The second-order valence-electron chi connectivity index (χ2n) is 4.19. The third-order valence-corrected chi connectivity index (χ3v) is 2.85. The van der Waals surface area contributed by atoms with Gasteiger partial charge >= 0.3 is 0 Å². The fourth-order valence-electron chi connectivity index (χ4n) is 1.62. The minimum Gasteiger partial charge on any atom is -0.382 e. The van der Waals surface area contributed by atoms with Crippen molar-refractivity contribution in [1.82, 2.24) is 4.90 Å². The van der Waals surface area contributed by atoms with Gasteiger partial charge in [-0.3, -0.25) is 4.79 Å². The molecule has 0 heterocycles. The molecule has 1 saturated carbocycles. The molecule has 15 heavy (non-hydrogen) atoms. The van der Waals surface area contributed by atoms with Gasteiger partial charge < -0.3 is 15.4 Å². The molecule has 0 radical (unpaired) electrons. The van der Waals surface area contributed by atoms with E-state index < -0.39 is 0 Å². The first-order valence-electron chi connectivity index (χ1n) is 5.71. The molecule has 4 nitrogen and oxygen atoms in total. The SMILES string of the molecule is COC(C)CCC(=O)N(CCN)C1CC1. The van der Waals surface area contributed by atoms with Gasteiger partial charge in [0.05, 0.1) is 6.10 Å². The third kappa shape index (κ3) is 4.18. The number of hydrogen-bond donors (Lipinski definition) is 1. The Morgan fingerprint density at radius 3 is 2.73 bits per heavy atom. The van der Waals surface area contributed by atoms with E-state index in [1.54, 1.807) is 7.11 Å². The highest BCUT2D eigenvalue weighted by Crippen LogP contribution is 2.27. The predicted octanol–water partition coefficient (Wildman–Crippen LogP) is 0.751. The van der Waals surface area contributed by atoms with Crippen LogP contribution in [0.5, 0.6) is 0 Å². The third-order valence-electron chi connectivity index (χ3n) is 2.85. The summed E-state index contributed by atoms with van der Waals surface area (Å²) in [4.78, 5) is 13.8. The van der Waals surface area contributed by atoms with Crippen LogP contribution in [0, 0.1) is 0 Å².